The summed E-state index contributed by atoms with van der Waals surface area (Å²) < 4.78 is 0. The molecule has 3 N–H and O–H groups in total. The number of amides is 1. The van der Waals surface area contributed by atoms with Crippen LogP contribution in [0.1, 0.15) is 34.1 Å². The Labute approximate surface area is 116 Å². The summed E-state index contributed by atoms with van der Waals surface area (Å²) in [5.74, 6) is 0.613. The second-order valence-electron chi connectivity index (χ2n) is 4.56. The summed E-state index contributed by atoms with van der Waals surface area (Å²) in [5.41, 5.74) is 7.27. The molecule has 0 saturated carbocycles. The van der Waals surface area contributed by atoms with Crippen LogP contribution < -0.4 is 16.2 Å². The molecule has 0 saturated heterocycles. The minimum absolute atomic E-state index is 0.111. The first-order valence-corrected chi connectivity index (χ1v) is 7.28. The van der Waals surface area contributed by atoms with Crippen molar-refractivity contribution < 1.29 is 4.79 Å². The van der Waals surface area contributed by atoms with Crippen molar-refractivity contribution in [1.82, 2.24) is 16.2 Å². The monoisotopic (exact) mass is 283 g/mol. The lowest BCUT2D eigenvalue weighted by atomic mass is 9.88. The maximum atomic E-state index is 12.0. The van der Waals surface area contributed by atoms with E-state index in [9.17, 15) is 4.79 Å². The number of thiophene rings is 1. The van der Waals surface area contributed by atoms with Crippen molar-refractivity contribution in [3.63, 3.8) is 0 Å². The van der Waals surface area contributed by atoms with Gasteiger partial charge < -0.3 is 5.32 Å². The van der Waals surface area contributed by atoms with Crippen LogP contribution in [0.3, 0.4) is 0 Å². The molecule has 0 aromatic carbocycles. The molecule has 98 valence electrons. The highest BCUT2D eigenvalue weighted by molar-refractivity contribution is 7.80. The van der Waals surface area contributed by atoms with Crippen molar-refractivity contribution >= 4 is 34.6 Å². The normalized spacial score (nSPS) is 17.8. The minimum Gasteiger partial charge on any atom is -0.364 e. The highest BCUT2D eigenvalue weighted by Crippen LogP contribution is 2.32. The lowest BCUT2D eigenvalue weighted by molar-refractivity contribution is 0.0943. The van der Waals surface area contributed by atoms with E-state index in [2.05, 4.69) is 23.1 Å². The van der Waals surface area contributed by atoms with E-state index in [1.165, 1.54) is 10.4 Å². The number of hydrogen-bond donors (Lipinski definition) is 3. The molecule has 0 spiro atoms. The Morgan fingerprint density at radius 3 is 3.00 bits per heavy atom. The summed E-state index contributed by atoms with van der Waals surface area (Å²) in [6.07, 6.45) is 3.25. The number of carbonyl (C=O) groups is 1. The van der Waals surface area contributed by atoms with Gasteiger partial charge in [-0.1, -0.05) is 6.92 Å². The van der Waals surface area contributed by atoms with Crippen LogP contribution in [-0.4, -0.2) is 18.1 Å². The second kappa shape index (κ2) is 5.67. The average Bonchev–Trinajstić information content (AvgIpc) is 2.78. The second-order valence-corrected chi connectivity index (χ2v) is 5.93. The number of fused-ring (bicyclic) bond motifs is 1. The zero-order chi connectivity index (χ0) is 13.1. The number of hydrazine groups is 1. The van der Waals surface area contributed by atoms with Gasteiger partial charge in [-0.3, -0.25) is 15.6 Å². The number of carbonyl (C=O) groups excluding carboxylic acids is 1. The van der Waals surface area contributed by atoms with Crippen molar-refractivity contribution in [2.45, 2.75) is 26.2 Å². The van der Waals surface area contributed by atoms with E-state index in [4.69, 9.17) is 12.2 Å². The molecule has 1 aromatic heterocycles. The van der Waals surface area contributed by atoms with Gasteiger partial charge in [0, 0.05) is 17.3 Å². The van der Waals surface area contributed by atoms with Gasteiger partial charge in [0.05, 0.1) is 5.56 Å². The van der Waals surface area contributed by atoms with Gasteiger partial charge in [0.1, 0.15) is 0 Å². The van der Waals surface area contributed by atoms with E-state index in [0.717, 1.165) is 30.7 Å². The van der Waals surface area contributed by atoms with Crippen LogP contribution in [-0.2, 0) is 12.8 Å². The predicted octanol–water partition coefficient (Wildman–Crippen LogP) is 1.61. The first-order chi connectivity index (χ1) is 8.61. The molecule has 6 heteroatoms. The molecule has 4 nitrogen and oxygen atoms in total. The lowest BCUT2D eigenvalue weighted by Gasteiger charge is -2.19. The Balaban J connectivity index is 2.05. The molecular weight excluding hydrogens is 266 g/mol. The number of hydrogen-bond acceptors (Lipinski definition) is 3. The predicted molar refractivity (Wildman–Crippen MR) is 77.8 cm³/mol. The van der Waals surface area contributed by atoms with E-state index in [1.807, 2.05) is 5.38 Å². The van der Waals surface area contributed by atoms with Crippen LogP contribution in [0.4, 0.5) is 0 Å². The Morgan fingerprint density at radius 1 is 1.50 bits per heavy atom. The van der Waals surface area contributed by atoms with Gasteiger partial charge in [0.15, 0.2) is 5.11 Å². The van der Waals surface area contributed by atoms with Crippen molar-refractivity contribution in [2.75, 3.05) is 7.05 Å². The van der Waals surface area contributed by atoms with Gasteiger partial charge in [-0.25, -0.2) is 0 Å². The third-order valence-electron chi connectivity index (χ3n) is 3.16. The van der Waals surface area contributed by atoms with E-state index in [0.29, 0.717) is 5.11 Å². The van der Waals surface area contributed by atoms with E-state index in [-0.39, 0.29) is 5.91 Å². The fourth-order valence-corrected chi connectivity index (χ4v) is 3.41. The summed E-state index contributed by atoms with van der Waals surface area (Å²) >= 11 is 6.59. The fraction of sp³-hybridized carbons (Fsp3) is 0.500. The number of thiocarbonyl (C=S) groups is 1. The summed E-state index contributed by atoms with van der Waals surface area (Å²) in [7, 11) is 1.70. The van der Waals surface area contributed by atoms with E-state index < -0.39 is 0 Å². The van der Waals surface area contributed by atoms with Crippen molar-refractivity contribution in [3.8, 4) is 0 Å². The molecule has 1 aliphatic rings. The third-order valence-corrected chi connectivity index (χ3v) is 4.52. The Morgan fingerprint density at radius 2 is 2.28 bits per heavy atom. The Hall–Kier alpha value is -1.14. The van der Waals surface area contributed by atoms with Crippen LogP contribution >= 0.6 is 23.6 Å². The van der Waals surface area contributed by atoms with Gasteiger partial charge in [0.2, 0.25) is 0 Å². The minimum atomic E-state index is -0.111. The smallest absolute Gasteiger partial charge is 0.270 e. The standard InChI is InChI=1S/C12H17N3OS2/c1-7-3-4-8-9(6-18-10(8)5-7)11(16)14-15-12(17)13-2/h6-7H,3-5H2,1-2H3,(H,14,16)(H2,13,15,17)/t7-/m0/s1. The quantitative estimate of drug-likeness (QED) is 0.541. The first-order valence-electron chi connectivity index (χ1n) is 5.99. The van der Waals surface area contributed by atoms with Crippen LogP contribution in [0.2, 0.25) is 0 Å². The van der Waals surface area contributed by atoms with Gasteiger partial charge in [0.25, 0.3) is 5.91 Å². The van der Waals surface area contributed by atoms with Gasteiger partial charge in [-0.2, -0.15) is 0 Å². The molecule has 1 atom stereocenters. The molecule has 0 bridgehead atoms. The molecule has 1 amide bonds. The van der Waals surface area contributed by atoms with Crippen LogP contribution in [0.5, 0.6) is 0 Å². The molecule has 1 heterocycles. The molecule has 0 aliphatic heterocycles. The van der Waals surface area contributed by atoms with E-state index >= 15 is 0 Å². The molecule has 18 heavy (non-hydrogen) atoms. The molecule has 2 rings (SSSR count). The van der Waals surface area contributed by atoms with Gasteiger partial charge in [-0.15, -0.1) is 11.3 Å². The lowest BCUT2D eigenvalue weighted by Crippen LogP contribution is -2.45. The largest absolute Gasteiger partial charge is 0.364 e. The van der Waals surface area contributed by atoms with Crippen molar-refractivity contribution in [1.29, 1.82) is 0 Å². The summed E-state index contributed by atoms with van der Waals surface area (Å²) in [4.78, 5) is 13.4. The summed E-state index contributed by atoms with van der Waals surface area (Å²) in [6.45, 7) is 2.26. The zero-order valence-corrected chi connectivity index (χ0v) is 12.1. The van der Waals surface area contributed by atoms with Crippen LogP contribution in [0.15, 0.2) is 5.38 Å². The molecular formula is C12H17N3OS2. The zero-order valence-electron chi connectivity index (χ0n) is 10.5. The highest BCUT2D eigenvalue weighted by Gasteiger charge is 2.23. The highest BCUT2D eigenvalue weighted by atomic mass is 32.1. The maximum Gasteiger partial charge on any atom is 0.270 e. The fourth-order valence-electron chi connectivity index (χ4n) is 2.11. The van der Waals surface area contributed by atoms with E-state index in [1.54, 1.807) is 18.4 Å². The number of nitrogens with one attached hydrogen (secondary N) is 3. The molecule has 0 fully saturated rings. The molecule has 1 aromatic rings. The third kappa shape index (κ3) is 2.81. The topological polar surface area (TPSA) is 53.2 Å². The Bertz CT molecular complexity index is 470. The van der Waals surface area contributed by atoms with Gasteiger partial charge in [-0.05, 0) is 43.0 Å². The SMILES string of the molecule is CNC(=S)NNC(=O)c1csc2c1CC[C@H](C)C2. The van der Waals surface area contributed by atoms with Crippen LogP contribution in [0.25, 0.3) is 0 Å². The molecule has 0 unspecified atom stereocenters. The first kappa shape index (κ1) is 13.3. The van der Waals surface area contributed by atoms with Crippen molar-refractivity contribution in [2.24, 2.45) is 5.92 Å². The van der Waals surface area contributed by atoms with Gasteiger partial charge >= 0.3 is 0 Å². The average molecular weight is 283 g/mol. The van der Waals surface area contributed by atoms with Crippen molar-refractivity contribution in [3.05, 3.63) is 21.4 Å². The number of rotatable bonds is 1. The molecule has 0 radical (unpaired) electrons. The maximum absolute atomic E-state index is 12.0. The van der Waals surface area contributed by atoms with Crippen LogP contribution in [0, 0.1) is 5.92 Å². The summed E-state index contributed by atoms with van der Waals surface area (Å²) in [6, 6.07) is 0. The Kier molecular flexibility index (Phi) is 4.19. The molecule has 1 aliphatic carbocycles. The summed E-state index contributed by atoms with van der Waals surface area (Å²) in [5, 5.41) is 5.09.